The van der Waals surface area contributed by atoms with Crippen molar-refractivity contribution < 1.29 is 8.42 Å². The molecule has 0 saturated carbocycles. The van der Waals surface area contributed by atoms with Gasteiger partial charge in [0.1, 0.15) is 0 Å². The molecule has 1 aromatic rings. The molecule has 1 saturated heterocycles. The van der Waals surface area contributed by atoms with Gasteiger partial charge in [-0.15, -0.1) is 0 Å². The minimum atomic E-state index is -3.11. The first-order valence-corrected chi connectivity index (χ1v) is 7.57. The van der Waals surface area contributed by atoms with Crippen molar-refractivity contribution in [3.8, 4) is 0 Å². The van der Waals surface area contributed by atoms with Crippen molar-refractivity contribution in [2.24, 2.45) is 0 Å². The van der Waals surface area contributed by atoms with Gasteiger partial charge in [-0.1, -0.05) is 12.1 Å². The van der Waals surface area contributed by atoms with E-state index in [1.807, 2.05) is 12.1 Å². The maximum atomic E-state index is 11.4. The first kappa shape index (κ1) is 12.5. The van der Waals surface area contributed by atoms with E-state index in [0.717, 1.165) is 25.2 Å². The number of piperazine rings is 1. The average Bonchev–Trinajstić information content (AvgIpc) is 2.29. The third-order valence-electron chi connectivity index (χ3n) is 3.22. The fourth-order valence-electron chi connectivity index (χ4n) is 2.10. The third kappa shape index (κ3) is 2.68. The van der Waals surface area contributed by atoms with Gasteiger partial charge >= 0.3 is 0 Å². The normalized spacial score (nSPS) is 25.8. The summed E-state index contributed by atoms with van der Waals surface area (Å²) in [5, 5.41) is 6.80. The van der Waals surface area contributed by atoms with E-state index in [9.17, 15) is 8.42 Å². The second-order valence-electron chi connectivity index (χ2n) is 4.73. The molecule has 2 rings (SSSR count). The van der Waals surface area contributed by atoms with Gasteiger partial charge in [0, 0.05) is 25.9 Å². The van der Waals surface area contributed by atoms with E-state index >= 15 is 0 Å². The van der Waals surface area contributed by atoms with Gasteiger partial charge in [-0.3, -0.25) is 0 Å². The maximum absolute atomic E-state index is 11.4. The molecule has 0 aliphatic carbocycles. The zero-order chi connectivity index (χ0) is 12.5. The summed E-state index contributed by atoms with van der Waals surface area (Å²) in [4.78, 5) is 0.369. The standard InChI is InChI=1S/C12H18N2O2S/c1-12(9-13-7-8-14-12)10-3-5-11(6-4-10)17(2,15)16/h3-6,13-14H,7-9H2,1-2H3. The average molecular weight is 254 g/mol. The largest absolute Gasteiger partial charge is 0.313 e. The van der Waals surface area contributed by atoms with Gasteiger partial charge in [0.05, 0.1) is 10.4 Å². The molecular weight excluding hydrogens is 236 g/mol. The van der Waals surface area contributed by atoms with E-state index in [2.05, 4.69) is 17.6 Å². The van der Waals surface area contributed by atoms with E-state index in [4.69, 9.17) is 0 Å². The fourth-order valence-corrected chi connectivity index (χ4v) is 2.73. The van der Waals surface area contributed by atoms with E-state index in [1.165, 1.54) is 6.26 Å². The number of benzene rings is 1. The molecule has 17 heavy (non-hydrogen) atoms. The van der Waals surface area contributed by atoms with Crippen LogP contribution in [0.3, 0.4) is 0 Å². The minimum Gasteiger partial charge on any atom is -0.313 e. The summed E-state index contributed by atoms with van der Waals surface area (Å²) < 4.78 is 22.7. The van der Waals surface area contributed by atoms with Gasteiger partial charge < -0.3 is 10.6 Å². The summed E-state index contributed by atoms with van der Waals surface area (Å²) in [5.41, 5.74) is 0.992. The van der Waals surface area contributed by atoms with Crippen LogP contribution in [-0.2, 0) is 15.4 Å². The zero-order valence-corrected chi connectivity index (χ0v) is 11.0. The molecule has 0 aromatic heterocycles. The molecule has 5 heteroatoms. The van der Waals surface area contributed by atoms with Crippen molar-refractivity contribution >= 4 is 9.84 Å². The third-order valence-corrected chi connectivity index (χ3v) is 4.34. The zero-order valence-electron chi connectivity index (χ0n) is 10.2. The Morgan fingerprint density at radius 1 is 1.18 bits per heavy atom. The molecule has 2 N–H and O–H groups in total. The molecule has 1 aromatic carbocycles. The Kier molecular flexibility index (Phi) is 3.25. The van der Waals surface area contributed by atoms with Crippen LogP contribution in [0.4, 0.5) is 0 Å². The summed E-state index contributed by atoms with van der Waals surface area (Å²) in [5.74, 6) is 0. The van der Waals surface area contributed by atoms with Crippen LogP contribution in [0.25, 0.3) is 0 Å². The number of sulfone groups is 1. The van der Waals surface area contributed by atoms with E-state index in [1.54, 1.807) is 12.1 Å². The molecule has 4 nitrogen and oxygen atoms in total. The summed E-state index contributed by atoms with van der Waals surface area (Å²) in [6.07, 6.45) is 1.23. The highest BCUT2D eigenvalue weighted by atomic mass is 32.2. The van der Waals surface area contributed by atoms with Gasteiger partial charge in [0.15, 0.2) is 9.84 Å². The van der Waals surface area contributed by atoms with Crippen LogP contribution in [0.15, 0.2) is 29.2 Å². The Morgan fingerprint density at radius 3 is 2.29 bits per heavy atom. The predicted molar refractivity (Wildman–Crippen MR) is 67.8 cm³/mol. The van der Waals surface area contributed by atoms with Crippen LogP contribution >= 0.6 is 0 Å². The molecule has 1 atom stereocenters. The second-order valence-corrected chi connectivity index (χ2v) is 6.75. The molecule has 1 aliphatic rings. The fraction of sp³-hybridized carbons (Fsp3) is 0.500. The maximum Gasteiger partial charge on any atom is 0.175 e. The monoisotopic (exact) mass is 254 g/mol. The van der Waals surface area contributed by atoms with Crippen molar-refractivity contribution in [2.75, 3.05) is 25.9 Å². The molecule has 1 aliphatic heterocycles. The highest BCUT2D eigenvalue weighted by Gasteiger charge is 2.28. The van der Waals surface area contributed by atoms with E-state index in [0.29, 0.717) is 4.90 Å². The van der Waals surface area contributed by atoms with Crippen LogP contribution in [0, 0.1) is 0 Å². The lowest BCUT2D eigenvalue weighted by Crippen LogP contribution is -2.54. The Hall–Kier alpha value is -0.910. The molecule has 1 unspecified atom stereocenters. The summed E-state index contributed by atoms with van der Waals surface area (Å²) >= 11 is 0. The topological polar surface area (TPSA) is 58.2 Å². The first-order valence-electron chi connectivity index (χ1n) is 5.68. The molecule has 1 heterocycles. The van der Waals surface area contributed by atoms with Gasteiger partial charge in [0.2, 0.25) is 0 Å². The number of nitrogens with one attached hydrogen (secondary N) is 2. The van der Waals surface area contributed by atoms with Gasteiger partial charge in [-0.05, 0) is 24.6 Å². The van der Waals surface area contributed by atoms with Crippen LogP contribution in [0.2, 0.25) is 0 Å². The van der Waals surface area contributed by atoms with Crippen molar-refractivity contribution in [2.45, 2.75) is 17.4 Å². The Balaban J connectivity index is 2.29. The van der Waals surface area contributed by atoms with Crippen molar-refractivity contribution in [1.82, 2.24) is 10.6 Å². The minimum absolute atomic E-state index is 0.117. The number of hydrogen-bond donors (Lipinski definition) is 2. The lowest BCUT2D eigenvalue weighted by molar-refractivity contribution is 0.303. The van der Waals surface area contributed by atoms with E-state index in [-0.39, 0.29) is 5.54 Å². The lowest BCUT2D eigenvalue weighted by Gasteiger charge is -2.36. The van der Waals surface area contributed by atoms with Crippen molar-refractivity contribution in [3.05, 3.63) is 29.8 Å². The lowest BCUT2D eigenvalue weighted by atomic mass is 9.90. The predicted octanol–water partition coefficient (Wildman–Crippen LogP) is 0.498. The van der Waals surface area contributed by atoms with Crippen LogP contribution < -0.4 is 10.6 Å². The smallest absolute Gasteiger partial charge is 0.175 e. The molecule has 94 valence electrons. The van der Waals surface area contributed by atoms with Gasteiger partial charge in [-0.2, -0.15) is 0 Å². The van der Waals surface area contributed by atoms with Crippen LogP contribution in [0.1, 0.15) is 12.5 Å². The van der Waals surface area contributed by atoms with Crippen LogP contribution in [0.5, 0.6) is 0 Å². The quantitative estimate of drug-likeness (QED) is 0.807. The number of hydrogen-bond acceptors (Lipinski definition) is 4. The molecule has 0 spiro atoms. The van der Waals surface area contributed by atoms with Gasteiger partial charge in [-0.25, -0.2) is 8.42 Å². The Labute approximate surface area is 102 Å². The van der Waals surface area contributed by atoms with Gasteiger partial charge in [0.25, 0.3) is 0 Å². The van der Waals surface area contributed by atoms with Crippen molar-refractivity contribution in [1.29, 1.82) is 0 Å². The summed E-state index contributed by atoms with van der Waals surface area (Å²) in [7, 11) is -3.11. The number of rotatable bonds is 2. The Bertz CT molecular complexity index is 488. The molecule has 0 bridgehead atoms. The molecule has 1 fully saturated rings. The molecular formula is C12H18N2O2S. The second kappa shape index (κ2) is 4.40. The summed E-state index contributed by atoms with van der Waals surface area (Å²) in [6, 6.07) is 7.12. The molecule has 0 amide bonds. The Morgan fingerprint density at radius 2 is 1.82 bits per heavy atom. The van der Waals surface area contributed by atoms with Crippen LogP contribution in [-0.4, -0.2) is 34.3 Å². The highest BCUT2D eigenvalue weighted by Crippen LogP contribution is 2.22. The first-order chi connectivity index (χ1) is 7.92. The molecule has 0 radical (unpaired) electrons. The summed E-state index contributed by atoms with van der Waals surface area (Å²) in [6.45, 7) is 4.86. The van der Waals surface area contributed by atoms with E-state index < -0.39 is 9.84 Å². The highest BCUT2D eigenvalue weighted by molar-refractivity contribution is 7.90. The van der Waals surface area contributed by atoms with Crippen molar-refractivity contribution in [3.63, 3.8) is 0 Å². The SMILES string of the molecule is CC1(c2ccc(S(C)(=O)=O)cc2)CNCCN1.